The van der Waals surface area contributed by atoms with Crippen LogP contribution in [0, 0.1) is 13.8 Å². The fourth-order valence-corrected chi connectivity index (χ4v) is 6.73. The molecule has 0 saturated carbocycles. The van der Waals surface area contributed by atoms with E-state index in [0.29, 0.717) is 0 Å². The van der Waals surface area contributed by atoms with Crippen LogP contribution >= 0.6 is 0 Å². The van der Waals surface area contributed by atoms with Crippen molar-refractivity contribution in [3.8, 4) is 33.8 Å². The molecule has 0 N–H and O–H groups in total. The molecule has 41 heavy (non-hydrogen) atoms. The summed E-state index contributed by atoms with van der Waals surface area (Å²) in [5.41, 5.74) is 14.7. The molecule has 0 bridgehead atoms. The fourth-order valence-electron chi connectivity index (χ4n) is 6.73. The topological polar surface area (TPSA) is 12.5 Å². The SMILES string of the molecule is Cc1cc(-c2ccccc2)cc(N2c3cc(-c4ccccc4)cc(C)c3B3c4ccccc4Oc4cccc2c43)c1. The highest BCUT2D eigenvalue weighted by Gasteiger charge is 2.42. The minimum Gasteiger partial charge on any atom is -0.458 e. The van der Waals surface area contributed by atoms with Crippen molar-refractivity contribution in [1.82, 2.24) is 0 Å². The normalized spacial score (nSPS) is 12.7. The molecule has 2 nitrogen and oxygen atoms in total. The van der Waals surface area contributed by atoms with Gasteiger partial charge in [-0.1, -0.05) is 103 Å². The maximum Gasteiger partial charge on any atom is 0.256 e. The van der Waals surface area contributed by atoms with Crippen LogP contribution in [0.15, 0.2) is 133 Å². The van der Waals surface area contributed by atoms with Crippen molar-refractivity contribution in [3.63, 3.8) is 0 Å². The van der Waals surface area contributed by atoms with Crippen molar-refractivity contribution in [2.75, 3.05) is 4.90 Å². The zero-order valence-corrected chi connectivity index (χ0v) is 23.1. The number of ether oxygens (including phenoxy) is 1. The van der Waals surface area contributed by atoms with Gasteiger partial charge in [-0.2, -0.15) is 0 Å². The Balaban J connectivity index is 1.44. The molecule has 0 saturated heterocycles. The molecule has 0 fully saturated rings. The molecule has 0 atom stereocenters. The number of anilines is 3. The van der Waals surface area contributed by atoms with E-state index in [2.05, 4.69) is 152 Å². The molecule has 2 aliphatic rings. The van der Waals surface area contributed by atoms with Crippen molar-refractivity contribution in [2.45, 2.75) is 13.8 Å². The molecule has 0 aromatic heterocycles. The monoisotopic (exact) mass is 525 g/mol. The second kappa shape index (κ2) is 9.28. The molecule has 2 aliphatic heterocycles. The smallest absolute Gasteiger partial charge is 0.256 e. The van der Waals surface area contributed by atoms with Gasteiger partial charge in [0.1, 0.15) is 11.5 Å². The minimum absolute atomic E-state index is 0.0978. The number of nitrogens with zero attached hydrogens (tertiary/aromatic N) is 1. The maximum atomic E-state index is 6.55. The molecule has 0 spiro atoms. The maximum absolute atomic E-state index is 6.55. The van der Waals surface area contributed by atoms with Gasteiger partial charge in [-0.25, -0.2) is 0 Å². The van der Waals surface area contributed by atoms with Gasteiger partial charge in [0.2, 0.25) is 0 Å². The van der Waals surface area contributed by atoms with Crippen molar-refractivity contribution in [3.05, 3.63) is 145 Å². The van der Waals surface area contributed by atoms with Crippen LogP contribution in [-0.4, -0.2) is 6.71 Å². The predicted octanol–water partition coefficient (Wildman–Crippen LogP) is 8.04. The van der Waals surface area contributed by atoms with Crippen LogP contribution in [0.2, 0.25) is 0 Å². The quantitative estimate of drug-likeness (QED) is 0.217. The average Bonchev–Trinajstić information content (AvgIpc) is 3.01. The van der Waals surface area contributed by atoms with E-state index >= 15 is 0 Å². The summed E-state index contributed by atoms with van der Waals surface area (Å²) >= 11 is 0. The number of para-hydroxylation sites is 1. The molecular formula is C38H28BNO. The van der Waals surface area contributed by atoms with Crippen LogP contribution < -0.4 is 26.0 Å². The van der Waals surface area contributed by atoms with E-state index in [1.807, 2.05) is 0 Å². The summed E-state index contributed by atoms with van der Waals surface area (Å²) in [7, 11) is 0. The largest absolute Gasteiger partial charge is 0.458 e. The highest BCUT2D eigenvalue weighted by atomic mass is 16.5. The molecular weight excluding hydrogens is 497 g/mol. The van der Waals surface area contributed by atoms with Crippen molar-refractivity contribution >= 4 is 40.2 Å². The zero-order chi connectivity index (χ0) is 27.5. The summed E-state index contributed by atoms with van der Waals surface area (Å²) in [6.45, 7) is 4.55. The van der Waals surface area contributed by atoms with E-state index in [9.17, 15) is 0 Å². The van der Waals surface area contributed by atoms with Gasteiger partial charge in [0.25, 0.3) is 6.71 Å². The Kier molecular flexibility index (Phi) is 5.40. The lowest BCUT2D eigenvalue weighted by Crippen LogP contribution is -2.60. The molecule has 2 heterocycles. The molecule has 0 unspecified atom stereocenters. The number of hydrogen-bond acceptors (Lipinski definition) is 2. The summed E-state index contributed by atoms with van der Waals surface area (Å²) in [5.74, 6) is 1.87. The highest BCUT2D eigenvalue weighted by molar-refractivity contribution is 6.99. The van der Waals surface area contributed by atoms with Crippen LogP contribution in [0.5, 0.6) is 11.5 Å². The van der Waals surface area contributed by atoms with Crippen molar-refractivity contribution in [2.24, 2.45) is 0 Å². The minimum atomic E-state index is 0.0978. The number of aryl methyl sites for hydroxylation is 2. The van der Waals surface area contributed by atoms with E-state index in [1.54, 1.807) is 0 Å². The first-order chi connectivity index (χ1) is 20.2. The van der Waals surface area contributed by atoms with E-state index < -0.39 is 0 Å². The van der Waals surface area contributed by atoms with Gasteiger partial charge in [0, 0.05) is 17.1 Å². The third-order valence-corrected chi connectivity index (χ3v) is 8.45. The summed E-state index contributed by atoms with van der Waals surface area (Å²) < 4.78 is 6.55. The van der Waals surface area contributed by atoms with Gasteiger partial charge in [-0.15, -0.1) is 0 Å². The summed E-state index contributed by atoms with van der Waals surface area (Å²) in [5, 5.41) is 0. The Labute approximate surface area is 241 Å². The van der Waals surface area contributed by atoms with Gasteiger partial charge in [0.05, 0.1) is 0 Å². The third kappa shape index (κ3) is 3.81. The lowest BCUT2D eigenvalue weighted by atomic mass is 9.33. The lowest BCUT2D eigenvalue weighted by molar-refractivity contribution is 0.487. The summed E-state index contributed by atoms with van der Waals surface area (Å²) in [4.78, 5) is 2.46. The first kappa shape index (κ1) is 23.8. The number of benzene rings is 6. The molecule has 0 radical (unpaired) electrons. The highest BCUT2D eigenvalue weighted by Crippen LogP contribution is 2.43. The standard InChI is InChI=1S/C38H28BNO/c1-25-20-29(27-12-5-3-6-13-27)23-31(21-25)40-33-17-11-19-36-38(33)39(32-16-9-10-18-35(32)41-36)37-26(2)22-30(24-34(37)40)28-14-7-4-8-15-28/h3-24H,1-2H3. The Morgan fingerprint density at radius 2 is 1.17 bits per heavy atom. The second-order valence-electron chi connectivity index (χ2n) is 11.1. The van der Waals surface area contributed by atoms with E-state index in [4.69, 9.17) is 4.74 Å². The van der Waals surface area contributed by atoms with Gasteiger partial charge < -0.3 is 9.64 Å². The Hall–Kier alpha value is -5.02. The van der Waals surface area contributed by atoms with Gasteiger partial charge in [0.15, 0.2) is 0 Å². The number of fused-ring (bicyclic) bond motifs is 4. The van der Waals surface area contributed by atoms with Crippen molar-refractivity contribution in [1.29, 1.82) is 0 Å². The van der Waals surface area contributed by atoms with Gasteiger partial charge >= 0.3 is 0 Å². The lowest BCUT2D eigenvalue weighted by Gasteiger charge is -2.41. The molecule has 6 aromatic carbocycles. The first-order valence-electron chi connectivity index (χ1n) is 14.2. The van der Waals surface area contributed by atoms with Crippen molar-refractivity contribution < 1.29 is 4.74 Å². The first-order valence-corrected chi connectivity index (χ1v) is 14.2. The average molecular weight is 525 g/mol. The van der Waals surface area contributed by atoms with Crippen LogP contribution in [-0.2, 0) is 0 Å². The van der Waals surface area contributed by atoms with Crippen LogP contribution in [0.4, 0.5) is 17.1 Å². The Morgan fingerprint density at radius 3 is 1.93 bits per heavy atom. The van der Waals surface area contributed by atoms with E-state index in [-0.39, 0.29) is 6.71 Å². The third-order valence-electron chi connectivity index (χ3n) is 8.45. The fraction of sp³-hybridized carbons (Fsp3) is 0.0526. The van der Waals surface area contributed by atoms with Gasteiger partial charge in [-0.3, -0.25) is 0 Å². The molecule has 194 valence electrons. The second-order valence-corrected chi connectivity index (χ2v) is 11.1. The van der Waals surface area contributed by atoms with Crippen LogP contribution in [0.3, 0.4) is 0 Å². The summed E-state index contributed by atoms with van der Waals surface area (Å²) in [6.07, 6.45) is 0. The zero-order valence-electron chi connectivity index (χ0n) is 23.1. The molecule has 6 aromatic rings. The summed E-state index contributed by atoms with van der Waals surface area (Å²) in [6, 6.07) is 48.0. The van der Waals surface area contributed by atoms with E-state index in [0.717, 1.165) is 17.2 Å². The molecule has 3 heteroatoms. The van der Waals surface area contributed by atoms with E-state index in [1.165, 1.54) is 61.1 Å². The number of hydrogen-bond donors (Lipinski definition) is 0. The molecule has 8 rings (SSSR count). The molecule has 0 aliphatic carbocycles. The number of rotatable bonds is 3. The molecule has 0 amide bonds. The van der Waals surface area contributed by atoms with Crippen LogP contribution in [0.1, 0.15) is 11.1 Å². The predicted molar refractivity (Wildman–Crippen MR) is 173 cm³/mol. The van der Waals surface area contributed by atoms with Gasteiger partial charge in [-0.05, 0) is 94.5 Å². The Bertz CT molecular complexity index is 1950. The van der Waals surface area contributed by atoms with Crippen LogP contribution in [0.25, 0.3) is 22.3 Å². The Morgan fingerprint density at radius 1 is 0.512 bits per heavy atom.